The van der Waals surface area contributed by atoms with Crippen LogP contribution in [0.2, 0.25) is 0 Å². The summed E-state index contributed by atoms with van der Waals surface area (Å²) in [6.07, 6.45) is -2.30. The lowest BCUT2D eigenvalue weighted by molar-refractivity contribution is -0.141. The van der Waals surface area contributed by atoms with E-state index in [1.807, 2.05) is 0 Å². The molecule has 0 amide bonds. The number of hydrogen-bond donors (Lipinski definition) is 0. The van der Waals surface area contributed by atoms with Gasteiger partial charge in [0.15, 0.2) is 0 Å². The van der Waals surface area contributed by atoms with Gasteiger partial charge in [0.05, 0.1) is 0 Å². The minimum Gasteiger partial charge on any atom is -0.381 e. The monoisotopic (exact) mass is 338 g/mol. The maximum Gasteiger partial charge on any atom is 0.433 e. The van der Waals surface area contributed by atoms with Gasteiger partial charge in [0.25, 0.3) is 0 Å². The summed E-state index contributed by atoms with van der Waals surface area (Å²) >= 11 is 0. The van der Waals surface area contributed by atoms with Crippen molar-refractivity contribution in [3.8, 4) is 0 Å². The highest BCUT2D eigenvalue weighted by atomic mass is 32.2. The first kappa shape index (κ1) is 17.2. The highest BCUT2D eigenvalue weighted by Gasteiger charge is 2.33. The summed E-state index contributed by atoms with van der Waals surface area (Å²) in [5, 5.41) is 0. The molecule has 0 unspecified atom stereocenters. The third kappa shape index (κ3) is 3.96. The molecule has 9 heteroatoms. The molecule has 0 spiro atoms. The summed E-state index contributed by atoms with van der Waals surface area (Å²) in [6.45, 7) is 1.51. The van der Waals surface area contributed by atoms with E-state index in [2.05, 4.69) is 4.98 Å². The largest absolute Gasteiger partial charge is 0.433 e. The number of aromatic nitrogens is 1. The van der Waals surface area contributed by atoms with E-state index in [4.69, 9.17) is 4.74 Å². The Kier molecular flexibility index (Phi) is 5.08. The molecule has 1 saturated heterocycles. The van der Waals surface area contributed by atoms with Crippen LogP contribution in [0.15, 0.2) is 23.2 Å². The molecule has 1 fully saturated rings. The third-order valence-corrected chi connectivity index (χ3v) is 5.40. The summed E-state index contributed by atoms with van der Waals surface area (Å²) in [5.74, 6) is 0.191. The number of sulfonamides is 1. The van der Waals surface area contributed by atoms with Crippen LogP contribution in [0, 0.1) is 5.92 Å². The van der Waals surface area contributed by atoms with Gasteiger partial charge in [-0.1, -0.05) is 0 Å². The van der Waals surface area contributed by atoms with Crippen LogP contribution in [-0.4, -0.2) is 44.5 Å². The zero-order valence-corrected chi connectivity index (χ0v) is 12.8. The van der Waals surface area contributed by atoms with Crippen LogP contribution >= 0.6 is 0 Å². The Balaban J connectivity index is 2.11. The van der Waals surface area contributed by atoms with E-state index in [1.54, 1.807) is 0 Å². The molecule has 1 aliphatic heterocycles. The smallest absolute Gasteiger partial charge is 0.381 e. The van der Waals surface area contributed by atoms with Crippen LogP contribution in [0.4, 0.5) is 13.2 Å². The molecule has 1 aromatic heterocycles. The Bertz CT molecular complexity index is 596. The van der Waals surface area contributed by atoms with Crippen molar-refractivity contribution in [3.05, 3.63) is 24.0 Å². The van der Waals surface area contributed by atoms with Crippen molar-refractivity contribution in [2.75, 3.05) is 26.8 Å². The Labute approximate surface area is 127 Å². The summed E-state index contributed by atoms with van der Waals surface area (Å²) in [4.78, 5) is 2.95. The molecule has 0 aromatic carbocycles. The van der Waals surface area contributed by atoms with Crippen molar-refractivity contribution in [3.63, 3.8) is 0 Å². The van der Waals surface area contributed by atoms with Crippen molar-refractivity contribution >= 4 is 10.0 Å². The lowest BCUT2D eigenvalue weighted by Crippen LogP contribution is -2.34. The topological polar surface area (TPSA) is 59.5 Å². The molecule has 2 rings (SSSR count). The van der Waals surface area contributed by atoms with Crippen LogP contribution in [0.5, 0.6) is 0 Å². The minimum atomic E-state index is -4.59. The molecular weight excluding hydrogens is 321 g/mol. The first-order valence-corrected chi connectivity index (χ1v) is 8.22. The van der Waals surface area contributed by atoms with Crippen LogP contribution in [0.25, 0.3) is 0 Å². The third-order valence-electron chi connectivity index (χ3n) is 3.59. The number of rotatable bonds is 4. The molecule has 124 valence electrons. The molecule has 0 N–H and O–H groups in total. The normalized spacial score (nSPS) is 17.9. The summed E-state index contributed by atoms with van der Waals surface area (Å²) in [6, 6.07) is 1.61. The lowest BCUT2D eigenvalue weighted by atomic mass is 10.0. The second-order valence-corrected chi connectivity index (χ2v) is 7.26. The Morgan fingerprint density at radius 3 is 2.45 bits per heavy atom. The van der Waals surface area contributed by atoms with Crippen molar-refractivity contribution in [2.24, 2.45) is 5.92 Å². The molecule has 0 saturated carbocycles. The van der Waals surface area contributed by atoms with Gasteiger partial charge in [-0.25, -0.2) is 12.7 Å². The maximum absolute atomic E-state index is 12.4. The van der Waals surface area contributed by atoms with Crippen LogP contribution in [0.3, 0.4) is 0 Å². The first-order chi connectivity index (χ1) is 10.2. The average Bonchev–Trinajstić information content (AvgIpc) is 2.47. The number of hydrogen-bond acceptors (Lipinski definition) is 4. The second kappa shape index (κ2) is 6.51. The van der Waals surface area contributed by atoms with E-state index in [9.17, 15) is 21.6 Å². The molecule has 2 heterocycles. The Morgan fingerprint density at radius 2 is 1.95 bits per heavy atom. The molecule has 1 aromatic rings. The standard InChI is InChI=1S/C13H17F3N2O3S/c1-18(9-10-4-6-21-7-5-10)22(19,20)11-2-3-12(17-8-11)13(14,15)16/h2-3,8,10H,4-7,9H2,1H3. The van der Waals surface area contributed by atoms with Gasteiger partial charge in [-0.05, 0) is 30.9 Å². The number of ether oxygens (including phenoxy) is 1. The fourth-order valence-corrected chi connectivity index (χ4v) is 3.46. The maximum atomic E-state index is 12.4. The lowest BCUT2D eigenvalue weighted by Gasteiger charge is -2.26. The summed E-state index contributed by atoms with van der Waals surface area (Å²) in [7, 11) is -2.42. The van der Waals surface area contributed by atoms with E-state index < -0.39 is 21.9 Å². The highest BCUT2D eigenvalue weighted by molar-refractivity contribution is 7.89. The van der Waals surface area contributed by atoms with Gasteiger partial charge in [-0.2, -0.15) is 13.2 Å². The van der Waals surface area contributed by atoms with Crippen molar-refractivity contribution in [1.82, 2.24) is 9.29 Å². The second-order valence-electron chi connectivity index (χ2n) is 5.22. The predicted octanol–water partition coefficient (Wildman–Crippen LogP) is 2.15. The molecule has 1 aliphatic rings. The molecule has 5 nitrogen and oxygen atoms in total. The van der Waals surface area contributed by atoms with Crippen molar-refractivity contribution in [1.29, 1.82) is 0 Å². The number of nitrogens with zero attached hydrogens (tertiary/aromatic N) is 2. The van der Waals surface area contributed by atoms with E-state index in [0.717, 1.165) is 29.4 Å². The Morgan fingerprint density at radius 1 is 1.32 bits per heavy atom. The zero-order chi connectivity index (χ0) is 16.4. The van der Waals surface area contributed by atoms with E-state index >= 15 is 0 Å². The summed E-state index contributed by atoms with van der Waals surface area (Å²) < 4.78 is 68.4. The van der Waals surface area contributed by atoms with Gasteiger partial charge < -0.3 is 4.74 Å². The van der Waals surface area contributed by atoms with E-state index in [1.165, 1.54) is 7.05 Å². The summed E-state index contributed by atoms with van der Waals surface area (Å²) in [5.41, 5.74) is -1.11. The van der Waals surface area contributed by atoms with Crippen LogP contribution in [-0.2, 0) is 20.9 Å². The van der Waals surface area contributed by atoms with Gasteiger partial charge in [0.2, 0.25) is 10.0 Å². The number of halogens is 3. The van der Waals surface area contributed by atoms with Gasteiger partial charge >= 0.3 is 6.18 Å². The first-order valence-electron chi connectivity index (χ1n) is 6.78. The molecule has 0 aliphatic carbocycles. The van der Waals surface area contributed by atoms with Crippen molar-refractivity contribution < 1.29 is 26.3 Å². The number of pyridine rings is 1. The SMILES string of the molecule is CN(CC1CCOCC1)S(=O)(=O)c1ccc(C(F)(F)F)nc1. The number of alkyl halides is 3. The molecule has 22 heavy (non-hydrogen) atoms. The average molecular weight is 338 g/mol. The van der Waals surface area contributed by atoms with Gasteiger partial charge in [0, 0.05) is 33.0 Å². The van der Waals surface area contributed by atoms with Gasteiger partial charge in [0.1, 0.15) is 10.6 Å². The highest BCUT2D eigenvalue weighted by Crippen LogP contribution is 2.28. The fourth-order valence-electron chi connectivity index (χ4n) is 2.27. The van der Waals surface area contributed by atoms with E-state index in [0.29, 0.717) is 25.8 Å². The Hall–Kier alpha value is -1.19. The van der Waals surface area contributed by atoms with Crippen molar-refractivity contribution in [2.45, 2.75) is 23.9 Å². The molecule has 0 atom stereocenters. The fraction of sp³-hybridized carbons (Fsp3) is 0.615. The molecular formula is C13H17F3N2O3S. The van der Waals surface area contributed by atoms with Gasteiger partial charge in [-0.3, -0.25) is 4.98 Å². The quantitative estimate of drug-likeness (QED) is 0.844. The molecule has 0 radical (unpaired) electrons. The van der Waals surface area contributed by atoms with Gasteiger partial charge in [-0.15, -0.1) is 0 Å². The van der Waals surface area contributed by atoms with E-state index in [-0.39, 0.29) is 10.8 Å². The molecule has 0 bridgehead atoms. The minimum absolute atomic E-state index is 0.191. The van der Waals surface area contributed by atoms with Crippen LogP contribution < -0.4 is 0 Å². The van der Waals surface area contributed by atoms with Crippen LogP contribution in [0.1, 0.15) is 18.5 Å². The zero-order valence-electron chi connectivity index (χ0n) is 12.0. The predicted molar refractivity (Wildman–Crippen MR) is 72.6 cm³/mol.